The SMILES string of the molecule is [C-]#[N+]c1cnn2c(=O)c(CC)c(C)n(C)c12. The minimum Gasteiger partial charge on any atom is -0.341 e. The quantitative estimate of drug-likeness (QED) is 0.677. The van der Waals surface area contributed by atoms with Crippen LogP contribution < -0.4 is 5.56 Å². The number of hydrogen-bond acceptors (Lipinski definition) is 2. The molecule has 2 rings (SSSR count). The third-order valence-corrected chi connectivity index (χ3v) is 2.91. The van der Waals surface area contributed by atoms with Crippen LogP contribution in [0.15, 0.2) is 11.0 Å². The summed E-state index contributed by atoms with van der Waals surface area (Å²) < 4.78 is 3.15. The molecule has 0 fully saturated rings. The Morgan fingerprint density at radius 2 is 2.25 bits per heavy atom. The van der Waals surface area contributed by atoms with Gasteiger partial charge in [-0.25, -0.2) is 4.85 Å². The van der Waals surface area contributed by atoms with Crippen molar-refractivity contribution < 1.29 is 0 Å². The van der Waals surface area contributed by atoms with E-state index in [0.29, 0.717) is 17.8 Å². The summed E-state index contributed by atoms with van der Waals surface area (Å²) in [6.07, 6.45) is 2.10. The maximum absolute atomic E-state index is 12.0. The van der Waals surface area contributed by atoms with Crippen LogP contribution >= 0.6 is 0 Å². The van der Waals surface area contributed by atoms with Gasteiger partial charge in [0.15, 0.2) is 0 Å². The number of aromatic nitrogens is 3. The van der Waals surface area contributed by atoms with Gasteiger partial charge in [0.1, 0.15) is 5.65 Å². The number of hydrogen-bond donors (Lipinski definition) is 0. The fraction of sp³-hybridized carbons (Fsp3) is 0.364. The van der Waals surface area contributed by atoms with E-state index in [9.17, 15) is 4.79 Å². The molecule has 0 saturated carbocycles. The summed E-state index contributed by atoms with van der Waals surface area (Å²) in [5, 5.41) is 3.97. The van der Waals surface area contributed by atoms with Gasteiger partial charge >= 0.3 is 0 Å². The Balaban J connectivity index is 3.06. The van der Waals surface area contributed by atoms with Gasteiger partial charge in [0.05, 0.1) is 12.8 Å². The van der Waals surface area contributed by atoms with E-state index in [1.807, 2.05) is 25.5 Å². The van der Waals surface area contributed by atoms with E-state index in [4.69, 9.17) is 6.57 Å². The summed E-state index contributed by atoms with van der Waals surface area (Å²) in [6, 6.07) is 0. The Bertz CT molecular complexity index is 657. The summed E-state index contributed by atoms with van der Waals surface area (Å²) in [6.45, 7) is 10.9. The fourth-order valence-electron chi connectivity index (χ4n) is 1.93. The molecule has 0 unspecified atom stereocenters. The molecule has 0 bridgehead atoms. The molecule has 0 amide bonds. The second-order valence-corrected chi connectivity index (χ2v) is 3.66. The van der Waals surface area contributed by atoms with Crippen LogP contribution in [0.2, 0.25) is 0 Å². The number of nitrogens with zero attached hydrogens (tertiary/aromatic N) is 4. The van der Waals surface area contributed by atoms with Crippen molar-refractivity contribution in [3.63, 3.8) is 0 Å². The third kappa shape index (κ3) is 1.16. The average molecular weight is 216 g/mol. The standard InChI is InChI=1S/C11H12N4O/c1-5-8-7(2)14(4)10-9(12-3)6-13-15(10)11(8)16/h6H,5H2,1-2,4H3. The molecular weight excluding hydrogens is 204 g/mol. The largest absolute Gasteiger partial charge is 0.341 e. The summed E-state index contributed by atoms with van der Waals surface area (Å²) in [7, 11) is 1.85. The Labute approximate surface area is 92.8 Å². The van der Waals surface area contributed by atoms with E-state index >= 15 is 0 Å². The summed E-state index contributed by atoms with van der Waals surface area (Å²) in [5.74, 6) is 0. The highest BCUT2D eigenvalue weighted by molar-refractivity contribution is 5.68. The van der Waals surface area contributed by atoms with Crippen LogP contribution in [0.4, 0.5) is 5.69 Å². The lowest BCUT2D eigenvalue weighted by molar-refractivity contribution is 0.770. The van der Waals surface area contributed by atoms with Gasteiger partial charge in [-0.15, -0.1) is 0 Å². The molecule has 16 heavy (non-hydrogen) atoms. The van der Waals surface area contributed by atoms with Gasteiger partial charge in [0, 0.05) is 18.3 Å². The van der Waals surface area contributed by atoms with Crippen molar-refractivity contribution in [2.24, 2.45) is 7.05 Å². The zero-order valence-corrected chi connectivity index (χ0v) is 9.48. The van der Waals surface area contributed by atoms with Crippen molar-refractivity contribution in [3.05, 3.63) is 39.2 Å². The maximum Gasteiger partial charge on any atom is 0.276 e. The molecule has 5 heteroatoms. The molecule has 0 N–H and O–H groups in total. The third-order valence-electron chi connectivity index (χ3n) is 2.91. The first-order valence-corrected chi connectivity index (χ1v) is 5.05. The molecule has 2 aromatic heterocycles. The Morgan fingerprint density at radius 3 is 2.81 bits per heavy atom. The molecule has 0 aromatic carbocycles. The molecule has 5 nitrogen and oxygen atoms in total. The minimum atomic E-state index is -0.122. The van der Waals surface area contributed by atoms with E-state index < -0.39 is 0 Å². The van der Waals surface area contributed by atoms with Gasteiger partial charge in [0.25, 0.3) is 5.56 Å². The van der Waals surface area contributed by atoms with E-state index in [0.717, 1.165) is 11.3 Å². The average Bonchev–Trinajstić information content (AvgIpc) is 2.71. The molecule has 0 spiro atoms. The van der Waals surface area contributed by atoms with E-state index in [1.54, 1.807) is 0 Å². The van der Waals surface area contributed by atoms with Crippen molar-refractivity contribution in [2.75, 3.05) is 0 Å². The summed E-state index contributed by atoms with van der Waals surface area (Å²) >= 11 is 0. The van der Waals surface area contributed by atoms with Crippen LogP contribution in [0.3, 0.4) is 0 Å². The highest BCUT2D eigenvalue weighted by Crippen LogP contribution is 2.19. The van der Waals surface area contributed by atoms with Gasteiger partial charge in [-0.05, 0) is 13.3 Å². The second-order valence-electron chi connectivity index (χ2n) is 3.66. The zero-order valence-electron chi connectivity index (χ0n) is 9.48. The highest BCUT2D eigenvalue weighted by atomic mass is 16.1. The molecule has 0 aliphatic heterocycles. The minimum absolute atomic E-state index is 0.122. The van der Waals surface area contributed by atoms with Crippen LogP contribution in [-0.4, -0.2) is 14.2 Å². The normalized spacial score (nSPS) is 10.6. The fourth-order valence-corrected chi connectivity index (χ4v) is 1.93. The lowest BCUT2D eigenvalue weighted by Gasteiger charge is -2.11. The molecule has 0 radical (unpaired) electrons. The Hall–Kier alpha value is -2.09. The number of rotatable bonds is 1. The molecule has 0 atom stereocenters. The number of fused-ring (bicyclic) bond motifs is 1. The first kappa shape index (κ1) is 10.4. The van der Waals surface area contributed by atoms with E-state index in [1.165, 1.54) is 10.7 Å². The van der Waals surface area contributed by atoms with Crippen LogP contribution in [0.1, 0.15) is 18.2 Å². The first-order valence-electron chi connectivity index (χ1n) is 5.05. The second kappa shape index (κ2) is 3.49. The molecule has 0 saturated heterocycles. The topological polar surface area (TPSA) is 43.7 Å². The van der Waals surface area contributed by atoms with Crippen molar-refractivity contribution in [2.45, 2.75) is 20.3 Å². The van der Waals surface area contributed by atoms with Gasteiger partial charge in [-0.3, -0.25) is 4.79 Å². The zero-order chi connectivity index (χ0) is 11.9. The highest BCUT2D eigenvalue weighted by Gasteiger charge is 2.14. The van der Waals surface area contributed by atoms with Crippen LogP contribution in [0.25, 0.3) is 10.5 Å². The van der Waals surface area contributed by atoms with Crippen molar-refractivity contribution in [1.82, 2.24) is 14.2 Å². The smallest absolute Gasteiger partial charge is 0.276 e. The van der Waals surface area contributed by atoms with Gasteiger partial charge in [-0.1, -0.05) is 6.92 Å². The molecule has 0 aliphatic rings. The first-order chi connectivity index (χ1) is 7.61. The van der Waals surface area contributed by atoms with E-state index in [2.05, 4.69) is 9.94 Å². The predicted octanol–water partition coefficient (Wildman–Crippen LogP) is 1.45. The van der Waals surface area contributed by atoms with Crippen molar-refractivity contribution >= 4 is 11.3 Å². The Morgan fingerprint density at radius 1 is 1.56 bits per heavy atom. The van der Waals surface area contributed by atoms with Gasteiger partial charge in [0.2, 0.25) is 5.69 Å². The molecule has 2 aromatic rings. The van der Waals surface area contributed by atoms with Crippen molar-refractivity contribution in [3.8, 4) is 0 Å². The molecule has 82 valence electrons. The Kier molecular flexibility index (Phi) is 2.27. The monoisotopic (exact) mass is 216 g/mol. The van der Waals surface area contributed by atoms with Crippen LogP contribution in [0, 0.1) is 13.5 Å². The molecule has 0 aliphatic carbocycles. The molecule has 2 heterocycles. The predicted molar refractivity (Wildman–Crippen MR) is 60.8 cm³/mol. The van der Waals surface area contributed by atoms with Crippen LogP contribution in [-0.2, 0) is 13.5 Å². The van der Waals surface area contributed by atoms with Crippen LogP contribution in [0.5, 0.6) is 0 Å². The number of aryl methyl sites for hydroxylation is 1. The molecular formula is C11H12N4O. The van der Waals surface area contributed by atoms with Gasteiger partial charge in [-0.2, -0.15) is 9.61 Å². The summed E-state index contributed by atoms with van der Waals surface area (Å²) in [4.78, 5) is 15.4. The van der Waals surface area contributed by atoms with E-state index in [-0.39, 0.29) is 5.56 Å². The maximum atomic E-state index is 12.0. The lowest BCUT2D eigenvalue weighted by Crippen LogP contribution is -2.24. The lowest BCUT2D eigenvalue weighted by atomic mass is 10.2. The summed E-state index contributed by atoms with van der Waals surface area (Å²) in [5.41, 5.74) is 2.49. The van der Waals surface area contributed by atoms with Gasteiger partial charge < -0.3 is 4.57 Å². The van der Waals surface area contributed by atoms with Crippen molar-refractivity contribution in [1.29, 1.82) is 0 Å².